The summed E-state index contributed by atoms with van der Waals surface area (Å²) in [6.45, 7) is 19.8. The van der Waals surface area contributed by atoms with Gasteiger partial charge < -0.3 is 20.4 Å². The highest BCUT2D eigenvalue weighted by molar-refractivity contribution is 5.40. The molecule has 2 fully saturated rings. The van der Waals surface area contributed by atoms with Gasteiger partial charge >= 0.3 is 0 Å². The first-order valence-electron chi connectivity index (χ1n) is 11.4. The van der Waals surface area contributed by atoms with Crippen molar-refractivity contribution in [1.82, 2.24) is 0 Å². The van der Waals surface area contributed by atoms with Crippen LogP contribution >= 0.6 is 0 Å². The van der Waals surface area contributed by atoms with Crippen LogP contribution in [0.3, 0.4) is 0 Å². The van der Waals surface area contributed by atoms with Gasteiger partial charge in [-0.1, -0.05) is 75.3 Å². The van der Waals surface area contributed by atoms with Crippen molar-refractivity contribution in [3.05, 3.63) is 58.7 Å². The Labute approximate surface area is 189 Å². The zero-order chi connectivity index (χ0) is 24.0. The molecule has 0 spiro atoms. The zero-order valence-electron chi connectivity index (χ0n) is 20.6. The topological polar surface area (TPSA) is 80.9 Å². The molecule has 0 radical (unpaired) electrons. The van der Waals surface area contributed by atoms with E-state index in [1.165, 1.54) is 11.1 Å². The third-order valence-corrected chi connectivity index (χ3v) is 6.68. The number of hydrogen-bond donors (Lipinski definition) is 4. The highest BCUT2D eigenvalue weighted by Gasteiger charge is 2.37. The fourth-order valence-corrected chi connectivity index (χ4v) is 4.13. The minimum Gasteiger partial charge on any atom is -0.392 e. The monoisotopic (exact) mass is 432 g/mol. The van der Waals surface area contributed by atoms with Gasteiger partial charge in [0.05, 0.1) is 24.4 Å². The third kappa shape index (κ3) is 7.28. The van der Waals surface area contributed by atoms with Crippen molar-refractivity contribution in [3.63, 3.8) is 0 Å². The highest BCUT2D eigenvalue weighted by atomic mass is 16.3. The average Bonchev–Trinajstić information content (AvgIpc) is 2.71. The fourth-order valence-electron chi connectivity index (χ4n) is 4.13. The van der Waals surface area contributed by atoms with Crippen molar-refractivity contribution >= 4 is 0 Å². The van der Waals surface area contributed by atoms with Gasteiger partial charge in [-0.05, 0) is 45.3 Å². The smallest absolute Gasteiger partial charge is 0.0837 e. The molecule has 4 heteroatoms. The molecular formula is C27H44O4. The summed E-state index contributed by atoms with van der Waals surface area (Å²) in [5, 5.41) is 39.7. The van der Waals surface area contributed by atoms with E-state index < -0.39 is 24.4 Å². The van der Waals surface area contributed by atoms with Crippen molar-refractivity contribution in [2.45, 2.75) is 86.2 Å². The molecule has 0 aromatic heterocycles. The van der Waals surface area contributed by atoms with Gasteiger partial charge in [0.15, 0.2) is 0 Å². The minimum atomic E-state index is -0.636. The Balaban J connectivity index is 0.000000311. The van der Waals surface area contributed by atoms with Crippen molar-refractivity contribution < 1.29 is 20.4 Å². The lowest BCUT2D eigenvalue weighted by molar-refractivity contribution is -0.0208. The van der Waals surface area contributed by atoms with Gasteiger partial charge in [0.25, 0.3) is 0 Å². The molecule has 0 heterocycles. The number of allylic oxidation sites excluding steroid dienone is 6. The summed E-state index contributed by atoms with van der Waals surface area (Å²) in [5.41, 5.74) is 5.27. The lowest BCUT2D eigenvalue weighted by Crippen LogP contribution is -2.41. The van der Waals surface area contributed by atoms with Gasteiger partial charge in [0, 0.05) is 23.7 Å². The number of aliphatic hydroxyl groups is 4. The standard InChI is InChI=1S/C14H22O2.C13H22O2/c1-8(2)6-7-12-9(3)13(15)11(5)14(16)10(12)4;1-8(2)5-6-11-7-12(14)10(4)13(15)9(11)3/h6-7,10-11,13-16H,3H2,1-2,4-5H3;5-6,9-10,12-15H,7H2,1-4H3/b12-7+;11-6+/t10-,11+,13-,14-;9-,10+,12-,13-/m11/s1. The van der Waals surface area contributed by atoms with Gasteiger partial charge in [-0.15, -0.1) is 0 Å². The molecule has 2 aliphatic rings. The molecule has 8 atom stereocenters. The summed E-state index contributed by atoms with van der Waals surface area (Å²) >= 11 is 0. The van der Waals surface area contributed by atoms with Gasteiger partial charge in [0.2, 0.25) is 0 Å². The second kappa shape index (κ2) is 12.0. The number of aliphatic hydroxyl groups excluding tert-OH is 4. The van der Waals surface area contributed by atoms with Crippen LogP contribution < -0.4 is 0 Å². The summed E-state index contributed by atoms with van der Waals surface area (Å²) in [4.78, 5) is 0. The SMILES string of the molecule is C=C1/C(=C\C=C(C)C)[C@@H](C)[C@@H](O)[C@@H](C)[C@@H]1O.CC(C)=C/C=C1\C[C@@H](O)[C@H](C)[C@H](O)[C@@H]1C. The number of rotatable bonds is 2. The number of hydrogen-bond acceptors (Lipinski definition) is 4. The van der Waals surface area contributed by atoms with E-state index in [1.54, 1.807) is 0 Å². The molecule has 0 aromatic carbocycles. The van der Waals surface area contributed by atoms with Gasteiger partial charge in [0.1, 0.15) is 0 Å². The zero-order valence-corrected chi connectivity index (χ0v) is 20.6. The van der Waals surface area contributed by atoms with Gasteiger partial charge in [-0.3, -0.25) is 0 Å². The van der Waals surface area contributed by atoms with Crippen LogP contribution in [0.15, 0.2) is 58.7 Å². The molecule has 2 rings (SSSR count). The van der Waals surface area contributed by atoms with Crippen LogP contribution in [-0.2, 0) is 0 Å². The normalized spacial score (nSPS) is 38.4. The molecule has 31 heavy (non-hydrogen) atoms. The minimum absolute atomic E-state index is 0.0242. The molecule has 4 nitrogen and oxygen atoms in total. The molecule has 176 valence electrons. The molecule has 0 unspecified atom stereocenters. The van der Waals surface area contributed by atoms with Crippen molar-refractivity contribution in [1.29, 1.82) is 0 Å². The Morgan fingerprint density at radius 2 is 1.26 bits per heavy atom. The second-order valence-electron chi connectivity index (χ2n) is 9.87. The van der Waals surface area contributed by atoms with E-state index in [1.807, 2.05) is 79.7 Å². The second-order valence-corrected chi connectivity index (χ2v) is 9.87. The van der Waals surface area contributed by atoms with Crippen LogP contribution in [0.4, 0.5) is 0 Å². The van der Waals surface area contributed by atoms with Crippen molar-refractivity contribution in [2.24, 2.45) is 23.7 Å². The molecule has 4 N–H and O–H groups in total. The summed E-state index contributed by atoms with van der Waals surface area (Å²) in [7, 11) is 0. The average molecular weight is 433 g/mol. The third-order valence-electron chi connectivity index (χ3n) is 6.68. The summed E-state index contributed by atoms with van der Waals surface area (Å²) in [5.74, 6) is 0.00991. The van der Waals surface area contributed by atoms with Crippen LogP contribution in [0.5, 0.6) is 0 Å². The Bertz CT molecular complexity index is 734. The Morgan fingerprint density at radius 3 is 1.77 bits per heavy atom. The van der Waals surface area contributed by atoms with Crippen LogP contribution in [0, 0.1) is 23.7 Å². The van der Waals surface area contributed by atoms with Crippen molar-refractivity contribution in [3.8, 4) is 0 Å². The quantitative estimate of drug-likeness (QED) is 0.509. The van der Waals surface area contributed by atoms with E-state index >= 15 is 0 Å². The Hall–Kier alpha value is -1.46. The maximum absolute atomic E-state index is 10.0. The first-order chi connectivity index (χ1) is 14.3. The van der Waals surface area contributed by atoms with E-state index in [0.717, 1.165) is 16.7 Å². The largest absolute Gasteiger partial charge is 0.392 e. The van der Waals surface area contributed by atoms with E-state index in [-0.39, 0.29) is 23.7 Å². The molecule has 2 aliphatic carbocycles. The molecular weight excluding hydrogens is 388 g/mol. The molecule has 0 bridgehead atoms. The first kappa shape index (κ1) is 27.6. The maximum atomic E-state index is 10.0. The Kier molecular flexibility index (Phi) is 10.6. The maximum Gasteiger partial charge on any atom is 0.0837 e. The van der Waals surface area contributed by atoms with Crippen LogP contribution in [0.25, 0.3) is 0 Å². The van der Waals surface area contributed by atoms with Crippen LogP contribution in [0.2, 0.25) is 0 Å². The van der Waals surface area contributed by atoms with Crippen molar-refractivity contribution in [2.75, 3.05) is 0 Å². The van der Waals surface area contributed by atoms with E-state index in [0.29, 0.717) is 6.42 Å². The van der Waals surface area contributed by atoms with Gasteiger partial charge in [-0.2, -0.15) is 0 Å². The highest BCUT2D eigenvalue weighted by Crippen LogP contribution is 2.37. The first-order valence-corrected chi connectivity index (χ1v) is 11.4. The molecule has 0 saturated heterocycles. The predicted octanol–water partition coefficient (Wildman–Crippen LogP) is 4.72. The van der Waals surface area contributed by atoms with E-state index in [9.17, 15) is 20.4 Å². The molecule has 0 aromatic rings. The molecule has 2 saturated carbocycles. The summed E-state index contributed by atoms with van der Waals surface area (Å²) in [6.07, 6.45) is 6.74. The predicted molar refractivity (Wildman–Crippen MR) is 129 cm³/mol. The lowest BCUT2D eigenvalue weighted by Gasteiger charge is -2.38. The summed E-state index contributed by atoms with van der Waals surface area (Å²) < 4.78 is 0. The molecule has 0 amide bonds. The van der Waals surface area contributed by atoms with Crippen LogP contribution in [-0.4, -0.2) is 44.8 Å². The lowest BCUT2D eigenvalue weighted by atomic mass is 9.72. The van der Waals surface area contributed by atoms with Crippen LogP contribution in [0.1, 0.15) is 61.8 Å². The Morgan fingerprint density at radius 1 is 0.774 bits per heavy atom. The van der Waals surface area contributed by atoms with E-state index in [2.05, 4.69) is 6.58 Å². The summed E-state index contributed by atoms with van der Waals surface area (Å²) in [6, 6.07) is 0. The molecule has 0 aliphatic heterocycles. The van der Waals surface area contributed by atoms with E-state index in [4.69, 9.17) is 0 Å². The van der Waals surface area contributed by atoms with Gasteiger partial charge in [-0.25, -0.2) is 0 Å². The fraction of sp³-hybridized carbons (Fsp3) is 0.630.